The maximum atomic E-state index is 5.63. The first-order chi connectivity index (χ1) is 7.11. The standard InChI is InChI=1S/C10H22O3SSi/c1-5-12-15(13-6-2)9(3)7-8-11-10(4)14/h9,15H,5-8H2,1-4H3. The normalized spacial score (nSPS) is 12.9. The highest BCUT2D eigenvalue weighted by Gasteiger charge is 2.21. The minimum Gasteiger partial charge on any atom is -0.487 e. The van der Waals surface area contributed by atoms with Gasteiger partial charge in [-0.25, -0.2) is 0 Å². The van der Waals surface area contributed by atoms with Crippen molar-refractivity contribution in [2.75, 3.05) is 19.8 Å². The van der Waals surface area contributed by atoms with E-state index in [2.05, 4.69) is 6.92 Å². The lowest BCUT2D eigenvalue weighted by atomic mass is 10.3. The summed E-state index contributed by atoms with van der Waals surface area (Å²) in [7, 11) is -1.51. The van der Waals surface area contributed by atoms with Crippen molar-refractivity contribution in [3.8, 4) is 0 Å². The summed E-state index contributed by atoms with van der Waals surface area (Å²) in [4.78, 5) is 0. The number of thiocarbonyl (C=S) groups is 1. The molecule has 0 spiro atoms. The van der Waals surface area contributed by atoms with Crippen LogP contribution in [-0.4, -0.2) is 34.2 Å². The second-order valence-corrected chi connectivity index (χ2v) is 6.50. The van der Waals surface area contributed by atoms with E-state index in [9.17, 15) is 0 Å². The highest BCUT2D eigenvalue weighted by Crippen LogP contribution is 2.16. The molecule has 0 aromatic rings. The highest BCUT2D eigenvalue weighted by atomic mass is 32.1. The number of ether oxygens (including phenoxy) is 1. The third-order valence-corrected chi connectivity index (χ3v) is 4.71. The fourth-order valence-electron chi connectivity index (χ4n) is 1.23. The Hall–Kier alpha value is 0.0269. The summed E-state index contributed by atoms with van der Waals surface area (Å²) in [6.45, 7) is 10.1. The summed E-state index contributed by atoms with van der Waals surface area (Å²) < 4.78 is 16.5. The summed E-state index contributed by atoms with van der Waals surface area (Å²) in [6, 6.07) is 0. The van der Waals surface area contributed by atoms with E-state index in [4.69, 9.17) is 25.8 Å². The molecule has 0 rings (SSSR count). The van der Waals surface area contributed by atoms with Crippen molar-refractivity contribution in [3.05, 3.63) is 0 Å². The second-order valence-electron chi connectivity index (χ2n) is 3.39. The molecule has 0 fully saturated rings. The SMILES string of the molecule is CCO[SiH](OCC)C(C)CCOC(C)=S. The molecule has 0 N–H and O–H groups in total. The lowest BCUT2D eigenvalue weighted by Gasteiger charge is -2.21. The molecule has 90 valence electrons. The molecule has 0 heterocycles. The third kappa shape index (κ3) is 7.90. The van der Waals surface area contributed by atoms with Crippen LogP contribution in [0.2, 0.25) is 5.54 Å². The van der Waals surface area contributed by atoms with Crippen LogP contribution >= 0.6 is 12.2 Å². The first-order valence-corrected chi connectivity index (χ1v) is 7.50. The van der Waals surface area contributed by atoms with Gasteiger partial charge in [-0.3, -0.25) is 0 Å². The Morgan fingerprint density at radius 1 is 1.27 bits per heavy atom. The first-order valence-electron chi connectivity index (χ1n) is 5.48. The molecular formula is C10H22O3SSi. The van der Waals surface area contributed by atoms with Gasteiger partial charge in [-0.15, -0.1) is 0 Å². The predicted molar refractivity (Wildman–Crippen MR) is 68.7 cm³/mol. The summed E-state index contributed by atoms with van der Waals surface area (Å²) in [5, 5.41) is 0.605. The van der Waals surface area contributed by atoms with Crippen molar-refractivity contribution >= 4 is 26.6 Å². The smallest absolute Gasteiger partial charge is 0.324 e. The first kappa shape index (κ1) is 15.0. The van der Waals surface area contributed by atoms with Crippen molar-refractivity contribution in [3.63, 3.8) is 0 Å². The minimum absolute atomic E-state index is 0.458. The number of rotatable bonds is 8. The summed E-state index contributed by atoms with van der Waals surface area (Å²) in [5.74, 6) is 0. The molecule has 1 unspecified atom stereocenters. The van der Waals surface area contributed by atoms with E-state index in [1.165, 1.54) is 0 Å². The van der Waals surface area contributed by atoms with Crippen molar-refractivity contribution in [1.82, 2.24) is 0 Å². The molecule has 5 heteroatoms. The van der Waals surface area contributed by atoms with Crippen LogP contribution in [0.25, 0.3) is 0 Å². The van der Waals surface area contributed by atoms with E-state index in [-0.39, 0.29) is 0 Å². The van der Waals surface area contributed by atoms with Gasteiger partial charge in [0.15, 0.2) is 5.05 Å². The van der Waals surface area contributed by atoms with Crippen molar-refractivity contribution in [2.45, 2.75) is 39.7 Å². The molecule has 0 saturated carbocycles. The van der Waals surface area contributed by atoms with E-state index in [0.717, 1.165) is 19.6 Å². The van der Waals surface area contributed by atoms with Crippen LogP contribution in [0.4, 0.5) is 0 Å². The minimum atomic E-state index is -1.51. The average molecular weight is 250 g/mol. The van der Waals surface area contributed by atoms with Crippen LogP contribution in [0, 0.1) is 0 Å². The topological polar surface area (TPSA) is 27.7 Å². The molecule has 0 aromatic heterocycles. The van der Waals surface area contributed by atoms with Gasteiger partial charge >= 0.3 is 9.28 Å². The largest absolute Gasteiger partial charge is 0.487 e. The number of hydrogen-bond acceptors (Lipinski definition) is 4. The molecule has 3 nitrogen and oxygen atoms in total. The summed E-state index contributed by atoms with van der Waals surface area (Å²) in [6.07, 6.45) is 0.949. The molecule has 0 saturated heterocycles. The fraction of sp³-hybridized carbons (Fsp3) is 0.900. The molecule has 1 atom stereocenters. The van der Waals surface area contributed by atoms with Gasteiger partial charge in [0.25, 0.3) is 0 Å². The maximum Gasteiger partial charge on any atom is 0.324 e. The molecule has 0 aromatic carbocycles. The van der Waals surface area contributed by atoms with Crippen LogP contribution in [0.3, 0.4) is 0 Å². The highest BCUT2D eigenvalue weighted by molar-refractivity contribution is 7.80. The molecule has 0 aliphatic carbocycles. The van der Waals surface area contributed by atoms with Gasteiger partial charge < -0.3 is 13.6 Å². The molecule has 0 aliphatic heterocycles. The van der Waals surface area contributed by atoms with E-state index in [1.54, 1.807) is 6.92 Å². The average Bonchev–Trinajstić information content (AvgIpc) is 2.16. The van der Waals surface area contributed by atoms with Crippen LogP contribution in [0.15, 0.2) is 0 Å². The monoisotopic (exact) mass is 250 g/mol. The molecular weight excluding hydrogens is 228 g/mol. The zero-order valence-corrected chi connectivity index (χ0v) is 12.1. The van der Waals surface area contributed by atoms with E-state index in [1.807, 2.05) is 13.8 Å². The van der Waals surface area contributed by atoms with Gasteiger partial charge in [-0.2, -0.15) is 0 Å². The zero-order valence-electron chi connectivity index (χ0n) is 10.1. The Morgan fingerprint density at radius 2 is 1.80 bits per heavy atom. The summed E-state index contributed by atoms with van der Waals surface area (Å²) in [5.41, 5.74) is 0.458. The van der Waals surface area contributed by atoms with Gasteiger partial charge in [-0.05, 0) is 32.5 Å². The van der Waals surface area contributed by atoms with Gasteiger partial charge in [0.1, 0.15) is 0 Å². The van der Waals surface area contributed by atoms with Gasteiger partial charge in [-0.1, -0.05) is 6.92 Å². The molecule has 15 heavy (non-hydrogen) atoms. The Labute approximate surface area is 99.9 Å². The molecule has 0 radical (unpaired) electrons. The molecule has 0 amide bonds. The van der Waals surface area contributed by atoms with Crippen LogP contribution in [0.1, 0.15) is 34.1 Å². The van der Waals surface area contributed by atoms with E-state index >= 15 is 0 Å². The van der Waals surface area contributed by atoms with Gasteiger partial charge in [0, 0.05) is 25.7 Å². The van der Waals surface area contributed by atoms with Gasteiger partial charge in [0.2, 0.25) is 0 Å². The molecule has 0 aliphatic rings. The van der Waals surface area contributed by atoms with E-state index < -0.39 is 9.28 Å². The lowest BCUT2D eigenvalue weighted by molar-refractivity contribution is 0.198. The predicted octanol–water partition coefficient (Wildman–Crippen LogP) is 2.42. The second kappa shape index (κ2) is 9.27. The quantitative estimate of drug-likeness (QED) is 0.488. The Morgan fingerprint density at radius 3 is 2.20 bits per heavy atom. The molecule has 0 bridgehead atoms. The zero-order chi connectivity index (χ0) is 11.7. The number of hydrogen-bond donors (Lipinski definition) is 0. The van der Waals surface area contributed by atoms with Gasteiger partial charge in [0.05, 0.1) is 6.61 Å². The van der Waals surface area contributed by atoms with Crippen LogP contribution in [0.5, 0.6) is 0 Å². The Bertz CT molecular complexity index is 172. The van der Waals surface area contributed by atoms with Crippen LogP contribution < -0.4 is 0 Å². The summed E-state index contributed by atoms with van der Waals surface area (Å²) >= 11 is 4.84. The Kier molecular flexibility index (Phi) is 9.28. The van der Waals surface area contributed by atoms with Crippen LogP contribution in [-0.2, 0) is 13.6 Å². The van der Waals surface area contributed by atoms with E-state index in [0.29, 0.717) is 17.2 Å². The Balaban J connectivity index is 3.79. The van der Waals surface area contributed by atoms with Crippen molar-refractivity contribution in [1.29, 1.82) is 0 Å². The third-order valence-electron chi connectivity index (χ3n) is 2.00. The maximum absolute atomic E-state index is 5.63. The fourth-order valence-corrected chi connectivity index (χ4v) is 3.13. The lowest BCUT2D eigenvalue weighted by Crippen LogP contribution is -2.28. The van der Waals surface area contributed by atoms with Crippen molar-refractivity contribution in [2.24, 2.45) is 0 Å². The van der Waals surface area contributed by atoms with Crippen molar-refractivity contribution < 1.29 is 13.6 Å².